The highest BCUT2D eigenvalue weighted by molar-refractivity contribution is 5.99. The van der Waals surface area contributed by atoms with Gasteiger partial charge >= 0.3 is 11.9 Å². The number of fused-ring (bicyclic) bond motifs is 1. The number of hydrogen-bond acceptors (Lipinski definition) is 4. The molecular weight excluding hydrogens is 346 g/mol. The van der Waals surface area contributed by atoms with Crippen molar-refractivity contribution in [2.75, 3.05) is 6.54 Å². The SMILES string of the molecule is C=N/C=C(\C(=C)C(F)(F)F)N1CCc2cc(F)c([N+](=O)[O-])cc2C1=O. The Morgan fingerprint density at radius 3 is 2.56 bits per heavy atom. The Kier molecular flexibility index (Phi) is 4.73. The Balaban J connectivity index is 2.51. The zero-order chi connectivity index (χ0) is 18.9. The molecule has 10 heteroatoms. The summed E-state index contributed by atoms with van der Waals surface area (Å²) < 4.78 is 52.5. The van der Waals surface area contributed by atoms with Crippen molar-refractivity contribution in [3.8, 4) is 0 Å². The van der Waals surface area contributed by atoms with Gasteiger partial charge in [-0.1, -0.05) is 6.58 Å². The van der Waals surface area contributed by atoms with Gasteiger partial charge in [0.1, 0.15) is 0 Å². The minimum atomic E-state index is -4.81. The van der Waals surface area contributed by atoms with Crippen molar-refractivity contribution in [3.63, 3.8) is 0 Å². The fraction of sp³-hybridized carbons (Fsp3) is 0.200. The van der Waals surface area contributed by atoms with Crippen molar-refractivity contribution in [2.24, 2.45) is 4.99 Å². The van der Waals surface area contributed by atoms with Crippen LogP contribution in [0.25, 0.3) is 0 Å². The quantitative estimate of drug-likeness (QED) is 0.272. The fourth-order valence-corrected chi connectivity index (χ4v) is 2.40. The van der Waals surface area contributed by atoms with Crippen LogP contribution in [0.3, 0.4) is 0 Å². The monoisotopic (exact) mass is 357 g/mol. The number of rotatable bonds is 4. The van der Waals surface area contributed by atoms with Crippen LogP contribution in [-0.4, -0.2) is 35.2 Å². The lowest BCUT2D eigenvalue weighted by molar-refractivity contribution is -0.387. The summed E-state index contributed by atoms with van der Waals surface area (Å²) in [5, 5.41) is 10.8. The van der Waals surface area contributed by atoms with Crippen molar-refractivity contribution in [2.45, 2.75) is 12.6 Å². The predicted octanol–water partition coefficient (Wildman–Crippen LogP) is 3.39. The van der Waals surface area contributed by atoms with E-state index in [1.165, 1.54) is 0 Å². The van der Waals surface area contributed by atoms with Gasteiger partial charge in [0, 0.05) is 12.6 Å². The second-order valence-corrected chi connectivity index (χ2v) is 5.10. The summed E-state index contributed by atoms with van der Waals surface area (Å²) in [5.74, 6) is -2.06. The number of alkyl halides is 3. The van der Waals surface area contributed by atoms with Crippen molar-refractivity contribution in [1.82, 2.24) is 4.90 Å². The zero-order valence-electron chi connectivity index (χ0n) is 12.6. The second kappa shape index (κ2) is 6.46. The third-order valence-electron chi connectivity index (χ3n) is 3.61. The summed E-state index contributed by atoms with van der Waals surface area (Å²) in [5.41, 5.74) is -2.94. The molecule has 0 radical (unpaired) electrons. The third kappa shape index (κ3) is 3.42. The highest BCUT2D eigenvalue weighted by atomic mass is 19.4. The highest BCUT2D eigenvalue weighted by Gasteiger charge is 2.39. The maximum Gasteiger partial charge on any atom is 0.417 e. The van der Waals surface area contributed by atoms with Crippen LogP contribution in [0.5, 0.6) is 0 Å². The van der Waals surface area contributed by atoms with E-state index >= 15 is 0 Å². The molecule has 0 atom stereocenters. The molecule has 0 spiro atoms. The number of nitro groups is 1. The summed E-state index contributed by atoms with van der Waals surface area (Å²) in [6.07, 6.45) is -4.07. The van der Waals surface area contributed by atoms with Crippen LogP contribution >= 0.6 is 0 Å². The van der Waals surface area contributed by atoms with E-state index in [1.807, 2.05) is 0 Å². The van der Waals surface area contributed by atoms with Gasteiger partial charge in [0.05, 0.1) is 28.0 Å². The van der Waals surface area contributed by atoms with Crippen LogP contribution in [-0.2, 0) is 6.42 Å². The Morgan fingerprint density at radius 1 is 1.40 bits per heavy atom. The minimum absolute atomic E-state index is 0.00953. The highest BCUT2D eigenvalue weighted by Crippen LogP contribution is 2.35. The number of benzene rings is 1. The number of aliphatic imine (C=N–C) groups is 1. The molecule has 6 nitrogen and oxygen atoms in total. The van der Waals surface area contributed by atoms with E-state index in [2.05, 4.69) is 18.3 Å². The lowest BCUT2D eigenvalue weighted by atomic mass is 9.96. The molecule has 25 heavy (non-hydrogen) atoms. The van der Waals surface area contributed by atoms with Crippen LogP contribution in [0.15, 0.2) is 41.2 Å². The predicted molar refractivity (Wildman–Crippen MR) is 80.6 cm³/mol. The standard InChI is InChI=1S/C15H11F4N3O3/c1-8(15(17,18)19)13(7-20-2)21-4-3-9-5-11(16)12(22(24)25)6-10(9)14(21)23/h5-7H,1-4H2/b13-7+. The first-order chi connectivity index (χ1) is 11.6. The number of allylic oxidation sites excluding steroid dienone is 1. The van der Waals surface area contributed by atoms with Gasteiger partial charge in [-0.3, -0.25) is 19.9 Å². The molecule has 0 N–H and O–H groups in total. The smallest absolute Gasteiger partial charge is 0.306 e. The summed E-state index contributed by atoms with van der Waals surface area (Å²) in [4.78, 5) is 26.3. The molecule has 1 aromatic rings. The van der Waals surface area contributed by atoms with Crippen molar-refractivity contribution in [1.29, 1.82) is 0 Å². The fourth-order valence-electron chi connectivity index (χ4n) is 2.40. The summed E-state index contributed by atoms with van der Waals surface area (Å²) >= 11 is 0. The molecule has 1 heterocycles. The van der Waals surface area contributed by atoms with E-state index in [0.717, 1.165) is 17.2 Å². The summed E-state index contributed by atoms with van der Waals surface area (Å²) in [6, 6.07) is 1.56. The molecule has 1 aliphatic heterocycles. The van der Waals surface area contributed by atoms with E-state index in [1.54, 1.807) is 0 Å². The van der Waals surface area contributed by atoms with E-state index in [9.17, 15) is 32.5 Å². The lowest BCUT2D eigenvalue weighted by Gasteiger charge is -2.31. The molecule has 0 fully saturated rings. The minimum Gasteiger partial charge on any atom is -0.306 e. The number of nitrogens with zero attached hydrogens (tertiary/aromatic N) is 3. The topological polar surface area (TPSA) is 75.8 Å². The molecule has 0 unspecified atom stereocenters. The normalized spacial score (nSPS) is 15.0. The van der Waals surface area contributed by atoms with Gasteiger partial charge in [-0.2, -0.15) is 17.6 Å². The largest absolute Gasteiger partial charge is 0.417 e. The molecule has 0 aromatic heterocycles. The number of carbonyl (C=O) groups excluding carboxylic acids is 1. The van der Waals surface area contributed by atoms with Gasteiger partial charge in [-0.25, -0.2) is 0 Å². The molecule has 0 bridgehead atoms. The average Bonchev–Trinajstić information content (AvgIpc) is 2.51. The Hall–Kier alpha value is -3.04. The van der Waals surface area contributed by atoms with Gasteiger partial charge in [0.25, 0.3) is 5.91 Å². The molecule has 0 saturated carbocycles. The molecule has 0 aliphatic carbocycles. The molecule has 1 amide bonds. The Labute approximate surface area is 138 Å². The van der Waals surface area contributed by atoms with Gasteiger partial charge in [0.15, 0.2) is 0 Å². The maximum atomic E-state index is 13.7. The molecule has 0 saturated heterocycles. The lowest BCUT2D eigenvalue weighted by Crippen LogP contribution is -2.39. The van der Waals surface area contributed by atoms with E-state index < -0.39 is 39.8 Å². The summed E-state index contributed by atoms with van der Waals surface area (Å²) in [7, 11) is 0. The first kappa shape index (κ1) is 18.3. The number of nitro benzene ring substituents is 1. The van der Waals surface area contributed by atoms with Crippen LogP contribution in [0.2, 0.25) is 0 Å². The number of hydrogen-bond donors (Lipinski definition) is 0. The van der Waals surface area contributed by atoms with Crippen LogP contribution in [0, 0.1) is 15.9 Å². The molecule has 2 rings (SSSR count). The molecule has 1 aliphatic rings. The number of amides is 1. The van der Waals surface area contributed by atoms with Crippen LogP contribution < -0.4 is 0 Å². The van der Waals surface area contributed by atoms with Crippen molar-refractivity contribution >= 4 is 18.3 Å². The third-order valence-corrected chi connectivity index (χ3v) is 3.61. The molecule has 1 aromatic carbocycles. The average molecular weight is 357 g/mol. The van der Waals surface area contributed by atoms with Gasteiger partial charge < -0.3 is 4.90 Å². The first-order valence-electron chi connectivity index (χ1n) is 6.79. The van der Waals surface area contributed by atoms with Crippen molar-refractivity contribution < 1.29 is 27.3 Å². The number of halogens is 4. The van der Waals surface area contributed by atoms with Gasteiger partial charge in [0.2, 0.25) is 5.82 Å². The second-order valence-electron chi connectivity index (χ2n) is 5.10. The Morgan fingerprint density at radius 2 is 2.04 bits per heavy atom. The molecular formula is C15H11F4N3O3. The van der Waals surface area contributed by atoms with Crippen LogP contribution in [0.4, 0.5) is 23.2 Å². The van der Waals surface area contributed by atoms with Crippen LogP contribution in [0.1, 0.15) is 15.9 Å². The van der Waals surface area contributed by atoms with E-state index in [4.69, 9.17) is 0 Å². The van der Waals surface area contributed by atoms with Crippen molar-refractivity contribution in [3.05, 3.63) is 63.2 Å². The molecule has 132 valence electrons. The van der Waals surface area contributed by atoms with E-state index in [0.29, 0.717) is 6.07 Å². The zero-order valence-corrected chi connectivity index (χ0v) is 12.6. The van der Waals surface area contributed by atoms with Gasteiger partial charge in [-0.15, -0.1) is 0 Å². The van der Waals surface area contributed by atoms with Gasteiger partial charge in [-0.05, 0) is 24.8 Å². The number of carbonyl (C=O) groups is 1. The first-order valence-corrected chi connectivity index (χ1v) is 6.79. The van der Waals surface area contributed by atoms with E-state index in [-0.39, 0.29) is 24.1 Å². The summed E-state index contributed by atoms with van der Waals surface area (Å²) in [6.45, 7) is 5.80. The maximum absolute atomic E-state index is 13.7. The Bertz CT molecular complexity index is 815.